The van der Waals surface area contributed by atoms with Gasteiger partial charge in [-0.05, 0) is 48.7 Å². The summed E-state index contributed by atoms with van der Waals surface area (Å²) in [6.07, 6.45) is 3.33. The monoisotopic (exact) mass is 383 g/mol. The normalized spacial score (nSPS) is 13.9. The van der Waals surface area contributed by atoms with E-state index in [4.69, 9.17) is 0 Å². The van der Waals surface area contributed by atoms with Crippen molar-refractivity contribution in [2.75, 3.05) is 5.32 Å². The van der Waals surface area contributed by atoms with E-state index in [0.717, 1.165) is 27.9 Å². The SMILES string of the molecule is Cc1ccc(C2=C(Nc3cccc(C)c3)C(=O)N(Cc3cccnc3)C2=O)cc1. The molecule has 0 saturated heterocycles. The summed E-state index contributed by atoms with van der Waals surface area (Å²) in [5.74, 6) is -0.645. The van der Waals surface area contributed by atoms with Gasteiger partial charge in [0.2, 0.25) is 0 Å². The van der Waals surface area contributed by atoms with Crippen molar-refractivity contribution in [2.24, 2.45) is 0 Å². The van der Waals surface area contributed by atoms with Crippen molar-refractivity contribution in [2.45, 2.75) is 20.4 Å². The lowest BCUT2D eigenvalue weighted by Crippen LogP contribution is -2.32. The molecule has 0 bridgehead atoms. The molecule has 3 aromatic rings. The lowest BCUT2D eigenvalue weighted by atomic mass is 10.0. The van der Waals surface area contributed by atoms with Crippen LogP contribution in [0, 0.1) is 13.8 Å². The van der Waals surface area contributed by atoms with Gasteiger partial charge in [-0.1, -0.05) is 48.0 Å². The van der Waals surface area contributed by atoms with Crippen LogP contribution in [0.3, 0.4) is 0 Å². The van der Waals surface area contributed by atoms with Gasteiger partial charge in [0.1, 0.15) is 5.70 Å². The van der Waals surface area contributed by atoms with Crippen molar-refractivity contribution in [3.8, 4) is 0 Å². The highest BCUT2D eigenvalue weighted by molar-refractivity contribution is 6.36. The van der Waals surface area contributed by atoms with E-state index in [-0.39, 0.29) is 18.4 Å². The second-order valence-corrected chi connectivity index (χ2v) is 7.17. The molecule has 0 unspecified atom stereocenters. The van der Waals surface area contributed by atoms with Crippen molar-refractivity contribution < 1.29 is 9.59 Å². The van der Waals surface area contributed by atoms with Crippen LogP contribution in [0.1, 0.15) is 22.3 Å². The highest BCUT2D eigenvalue weighted by Gasteiger charge is 2.39. The Morgan fingerprint density at radius 1 is 0.897 bits per heavy atom. The smallest absolute Gasteiger partial charge is 0.278 e. The van der Waals surface area contributed by atoms with Crippen LogP contribution in [-0.2, 0) is 16.1 Å². The number of carbonyl (C=O) groups is 2. The summed E-state index contributed by atoms with van der Waals surface area (Å²) in [5.41, 5.74) is 5.14. The van der Waals surface area contributed by atoms with Crippen molar-refractivity contribution in [3.05, 3.63) is 101 Å². The van der Waals surface area contributed by atoms with Gasteiger partial charge in [-0.3, -0.25) is 19.5 Å². The van der Waals surface area contributed by atoms with Crippen LogP contribution in [0.5, 0.6) is 0 Å². The number of aryl methyl sites for hydroxylation is 2. The maximum Gasteiger partial charge on any atom is 0.278 e. The van der Waals surface area contributed by atoms with Crippen LogP contribution < -0.4 is 5.32 Å². The van der Waals surface area contributed by atoms with Crippen LogP contribution in [-0.4, -0.2) is 21.7 Å². The fourth-order valence-electron chi connectivity index (χ4n) is 3.37. The van der Waals surface area contributed by atoms with E-state index >= 15 is 0 Å². The zero-order chi connectivity index (χ0) is 20.4. The average Bonchev–Trinajstić information content (AvgIpc) is 2.94. The van der Waals surface area contributed by atoms with Crippen molar-refractivity contribution >= 4 is 23.1 Å². The first-order valence-electron chi connectivity index (χ1n) is 9.43. The summed E-state index contributed by atoms with van der Waals surface area (Å²) < 4.78 is 0. The molecule has 1 aliphatic rings. The van der Waals surface area contributed by atoms with Crippen molar-refractivity contribution in [3.63, 3.8) is 0 Å². The van der Waals surface area contributed by atoms with Crippen LogP contribution >= 0.6 is 0 Å². The minimum atomic E-state index is -0.337. The molecule has 0 saturated carbocycles. The molecule has 4 rings (SSSR count). The number of anilines is 1. The Bertz CT molecular complexity index is 1100. The second-order valence-electron chi connectivity index (χ2n) is 7.17. The molecule has 2 heterocycles. The van der Waals surface area contributed by atoms with E-state index in [1.807, 2.05) is 68.4 Å². The van der Waals surface area contributed by atoms with Crippen LogP contribution in [0.25, 0.3) is 5.57 Å². The molecule has 0 spiro atoms. The molecule has 1 aromatic heterocycles. The van der Waals surface area contributed by atoms with E-state index in [1.165, 1.54) is 4.90 Å². The zero-order valence-corrected chi connectivity index (χ0v) is 16.3. The van der Waals surface area contributed by atoms with E-state index in [9.17, 15) is 9.59 Å². The molecule has 0 atom stereocenters. The van der Waals surface area contributed by atoms with Crippen molar-refractivity contribution in [1.29, 1.82) is 0 Å². The minimum absolute atomic E-state index is 0.180. The maximum atomic E-state index is 13.3. The largest absolute Gasteiger partial charge is 0.350 e. The topological polar surface area (TPSA) is 62.3 Å². The number of nitrogens with one attached hydrogen (secondary N) is 1. The summed E-state index contributed by atoms with van der Waals surface area (Å²) in [4.78, 5) is 31.8. The van der Waals surface area contributed by atoms with E-state index < -0.39 is 0 Å². The van der Waals surface area contributed by atoms with Gasteiger partial charge in [-0.15, -0.1) is 0 Å². The molecule has 2 amide bonds. The summed E-state index contributed by atoms with van der Waals surface area (Å²) in [7, 11) is 0. The van der Waals surface area contributed by atoms with E-state index in [1.54, 1.807) is 18.5 Å². The fraction of sp³-hybridized carbons (Fsp3) is 0.125. The van der Waals surface area contributed by atoms with Gasteiger partial charge in [0.05, 0.1) is 12.1 Å². The molecule has 29 heavy (non-hydrogen) atoms. The molecule has 5 heteroatoms. The number of nitrogens with zero attached hydrogens (tertiary/aromatic N) is 2. The molecule has 0 radical (unpaired) electrons. The third-order valence-corrected chi connectivity index (χ3v) is 4.86. The second kappa shape index (κ2) is 7.72. The third-order valence-electron chi connectivity index (χ3n) is 4.86. The lowest BCUT2D eigenvalue weighted by molar-refractivity contribution is -0.137. The molecule has 0 fully saturated rings. The molecular weight excluding hydrogens is 362 g/mol. The quantitative estimate of drug-likeness (QED) is 0.674. The summed E-state index contributed by atoms with van der Waals surface area (Å²) in [6.45, 7) is 4.15. The number of benzene rings is 2. The Kier molecular flexibility index (Phi) is 4.96. The Labute approximate surface area is 169 Å². The maximum absolute atomic E-state index is 13.3. The van der Waals surface area contributed by atoms with Crippen LogP contribution in [0.4, 0.5) is 5.69 Å². The molecule has 0 aliphatic carbocycles. The molecule has 1 N–H and O–H groups in total. The summed E-state index contributed by atoms with van der Waals surface area (Å²) in [6, 6.07) is 19.0. The molecule has 5 nitrogen and oxygen atoms in total. The number of amides is 2. The van der Waals surface area contributed by atoms with Gasteiger partial charge in [0, 0.05) is 18.1 Å². The average molecular weight is 383 g/mol. The molecular formula is C24H21N3O2. The number of rotatable bonds is 5. The summed E-state index contributed by atoms with van der Waals surface area (Å²) >= 11 is 0. The molecule has 144 valence electrons. The first-order chi connectivity index (χ1) is 14.0. The lowest BCUT2D eigenvalue weighted by Gasteiger charge is -2.15. The number of aromatic nitrogens is 1. The predicted molar refractivity (Wildman–Crippen MR) is 113 cm³/mol. The highest BCUT2D eigenvalue weighted by Crippen LogP contribution is 2.31. The number of hydrogen-bond donors (Lipinski definition) is 1. The van der Waals surface area contributed by atoms with Gasteiger partial charge >= 0.3 is 0 Å². The standard InChI is InChI=1S/C24H21N3O2/c1-16-8-10-19(11-9-16)21-22(26-20-7-3-5-17(2)13-20)24(29)27(23(21)28)15-18-6-4-12-25-14-18/h3-14,26H,15H2,1-2H3. The summed E-state index contributed by atoms with van der Waals surface area (Å²) in [5, 5.41) is 3.19. The number of pyridine rings is 1. The van der Waals surface area contributed by atoms with Gasteiger partial charge in [-0.25, -0.2) is 0 Å². The fourth-order valence-corrected chi connectivity index (χ4v) is 3.37. The minimum Gasteiger partial charge on any atom is -0.350 e. The van der Waals surface area contributed by atoms with Gasteiger partial charge in [-0.2, -0.15) is 0 Å². The van der Waals surface area contributed by atoms with Crippen molar-refractivity contribution in [1.82, 2.24) is 9.88 Å². The molecule has 2 aromatic carbocycles. The van der Waals surface area contributed by atoms with Gasteiger partial charge in [0.15, 0.2) is 0 Å². The van der Waals surface area contributed by atoms with Gasteiger partial charge in [0.25, 0.3) is 11.8 Å². The predicted octanol–water partition coefficient (Wildman–Crippen LogP) is 4.09. The van der Waals surface area contributed by atoms with Crippen LogP contribution in [0.2, 0.25) is 0 Å². The van der Waals surface area contributed by atoms with Gasteiger partial charge < -0.3 is 5.32 Å². The van der Waals surface area contributed by atoms with E-state index in [2.05, 4.69) is 10.3 Å². The Morgan fingerprint density at radius 3 is 2.38 bits per heavy atom. The zero-order valence-electron chi connectivity index (χ0n) is 16.3. The number of carbonyl (C=O) groups excluding carboxylic acids is 2. The Hall–Kier alpha value is -3.73. The van der Waals surface area contributed by atoms with E-state index in [0.29, 0.717) is 11.3 Å². The first-order valence-corrected chi connectivity index (χ1v) is 9.43. The first kappa shape index (κ1) is 18.6. The third kappa shape index (κ3) is 3.80. The number of imide groups is 1. The Morgan fingerprint density at radius 2 is 1.69 bits per heavy atom. The highest BCUT2D eigenvalue weighted by atomic mass is 16.2. The number of hydrogen-bond acceptors (Lipinski definition) is 4. The van der Waals surface area contributed by atoms with Crippen LogP contribution in [0.15, 0.2) is 78.8 Å². The Balaban J connectivity index is 1.75. The molecule has 1 aliphatic heterocycles.